The summed E-state index contributed by atoms with van der Waals surface area (Å²) in [7, 11) is 0. The second-order valence-electron chi connectivity index (χ2n) is 5.21. The van der Waals surface area contributed by atoms with Crippen molar-refractivity contribution in [1.29, 1.82) is 0 Å². The third-order valence-corrected chi connectivity index (χ3v) is 3.46. The smallest absolute Gasteiger partial charge is 0.319 e. The van der Waals surface area contributed by atoms with Crippen LogP contribution in [0.25, 0.3) is 0 Å². The lowest BCUT2D eigenvalue weighted by Gasteiger charge is -2.25. The molecule has 1 aliphatic carbocycles. The Morgan fingerprint density at radius 2 is 2.37 bits per heavy atom. The van der Waals surface area contributed by atoms with E-state index in [0.717, 1.165) is 37.1 Å². The van der Waals surface area contributed by atoms with Crippen molar-refractivity contribution in [2.75, 3.05) is 11.9 Å². The van der Waals surface area contributed by atoms with E-state index in [9.17, 15) is 9.90 Å². The third kappa shape index (κ3) is 4.52. The first-order valence-electron chi connectivity index (χ1n) is 6.79. The van der Waals surface area contributed by atoms with Crippen LogP contribution in [0.5, 0.6) is 0 Å². The van der Waals surface area contributed by atoms with Gasteiger partial charge in [0, 0.05) is 24.1 Å². The van der Waals surface area contributed by atoms with Crippen LogP contribution in [0.4, 0.5) is 10.5 Å². The summed E-state index contributed by atoms with van der Waals surface area (Å²) in [6.07, 6.45) is 5.26. The second kappa shape index (κ2) is 6.52. The number of carbonyl (C=O) groups excluding carboxylic acids is 1. The molecule has 19 heavy (non-hydrogen) atoms. The van der Waals surface area contributed by atoms with Crippen LogP contribution >= 0.6 is 0 Å². The van der Waals surface area contributed by atoms with Gasteiger partial charge in [-0.1, -0.05) is 6.42 Å². The average Bonchev–Trinajstić information content (AvgIpc) is 2.36. The maximum absolute atomic E-state index is 11.7. The van der Waals surface area contributed by atoms with Gasteiger partial charge in [0.15, 0.2) is 0 Å². The number of rotatable bonds is 3. The highest BCUT2D eigenvalue weighted by molar-refractivity contribution is 5.89. The first-order chi connectivity index (χ1) is 9.13. The van der Waals surface area contributed by atoms with Crippen molar-refractivity contribution in [2.24, 2.45) is 5.92 Å². The van der Waals surface area contributed by atoms with E-state index in [-0.39, 0.29) is 12.1 Å². The van der Waals surface area contributed by atoms with Gasteiger partial charge in [0.05, 0.1) is 6.10 Å². The van der Waals surface area contributed by atoms with Gasteiger partial charge in [-0.15, -0.1) is 0 Å². The molecule has 5 nitrogen and oxygen atoms in total. The first-order valence-corrected chi connectivity index (χ1v) is 6.79. The summed E-state index contributed by atoms with van der Waals surface area (Å²) in [6.45, 7) is 2.50. The molecule has 2 rings (SSSR count). The summed E-state index contributed by atoms with van der Waals surface area (Å²) in [5.74, 6) is 0.383. The van der Waals surface area contributed by atoms with Crippen LogP contribution in [0.15, 0.2) is 18.3 Å². The predicted molar refractivity (Wildman–Crippen MR) is 74.0 cm³/mol. The van der Waals surface area contributed by atoms with Crippen LogP contribution in [-0.4, -0.2) is 28.8 Å². The maximum atomic E-state index is 11.7. The van der Waals surface area contributed by atoms with Crippen LogP contribution in [0.3, 0.4) is 0 Å². The van der Waals surface area contributed by atoms with E-state index in [4.69, 9.17) is 0 Å². The largest absolute Gasteiger partial charge is 0.393 e. The molecule has 1 saturated carbocycles. The van der Waals surface area contributed by atoms with Crippen molar-refractivity contribution < 1.29 is 9.90 Å². The van der Waals surface area contributed by atoms with E-state index in [0.29, 0.717) is 12.5 Å². The van der Waals surface area contributed by atoms with Crippen LogP contribution in [0.2, 0.25) is 0 Å². The highest BCUT2D eigenvalue weighted by Crippen LogP contribution is 2.23. The molecule has 0 radical (unpaired) electrons. The number of anilines is 1. The molecule has 1 fully saturated rings. The minimum atomic E-state index is -0.203. The number of aliphatic hydroxyl groups is 1. The molecule has 1 aliphatic rings. The van der Waals surface area contributed by atoms with Gasteiger partial charge in [0.2, 0.25) is 0 Å². The van der Waals surface area contributed by atoms with E-state index in [1.165, 1.54) is 0 Å². The topological polar surface area (TPSA) is 74.2 Å². The van der Waals surface area contributed by atoms with Gasteiger partial charge in [0.1, 0.15) is 0 Å². The van der Waals surface area contributed by atoms with Gasteiger partial charge in [-0.2, -0.15) is 0 Å². The van der Waals surface area contributed by atoms with Crippen molar-refractivity contribution in [3.8, 4) is 0 Å². The molecule has 1 heterocycles. The number of nitrogens with zero attached hydrogens (tertiary/aromatic N) is 1. The molecule has 0 saturated heterocycles. The van der Waals surface area contributed by atoms with E-state index < -0.39 is 0 Å². The number of pyridine rings is 1. The Balaban J connectivity index is 1.75. The monoisotopic (exact) mass is 263 g/mol. The van der Waals surface area contributed by atoms with Crippen molar-refractivity contribution in [3.05, 3.63) is 24.0 Å². The lowest BCUT2D eigenvalue weighted by Crippen LogP contribution is -2.35. The Hall–Kier alpha value is -1.62. The highest BCUT2D eigenvalue weighted by Gasteiger charge is 2.20. The minimum absolute atomic E-state index is 0.202. The molecule has 5 heteroatoms. The lowest BCUT2D eigenvalue weighted by atomic mass is 9.87. The molecule has 104 valence electrons. The van der Waals surface area contributed by atoms with Crippen molar-refractivity contribution in [1.82, 2.24) is 10.3 Å². The fourth-order valence-corrected chi connectivity index (χ4v) is 2.48. The zero-order chi connectivity index (χ0) is 13.7. The van der Waals surface area contributed by atoms with Crippen molar-refractivity contribution >= 4 is 11.7 Å². The molecule has 2 unspecified atom stereocenters. The Bertz CT molecular complexity index is 436. The van der Waals surface area contributed by atoms with Gasteiger partial charge >= 0.3 is 6.03 Å². The standard InChI is InChI=1S/C14H21N3O2/c1-10-7-12(5-6-15-10)17-14(19)16-9-11-3-2-4-13(18)8-11/h5-7,11,13,18H,2-4,8-9H2,1H3,(H2,15,16,17,19). The van der Waals surface area contributed by atoms with E-state index in [2.05, 4.69) is 15.6 Å². The SMILES string of the molecule is Cc1cc(NC(=O)NCC2CCCC(O)C2)ccn1. The summed E-state index contributed by atoms with van der Waals surface area (Å²) < 4.78 is 0. The van der Waals surface area contributed by atoms with Crippen molar-refractivity contribution in [3.63, 3.8) is 0 Å². The summed E-state index contributed by atoms with van der Waals surface area (Å²) in [5.41, 5.74) is 1.61. The fourth-order valence-electron chi connectivity index (χ4n) is 2.48. The van der Waals surface area contributed by atoms with Crippen LogP contribution in [0, 0.1) is 12.8 Å². The molecule has 1 aromatic heterocycles. The van der Waals surface area contributed by atoms with Gasteiger partial charge in [-0.25, -0.2) is 4.79 Å². The molecule has 0 aromatic carbocycles. The number of nitrogens with one attached hydrogen (secondary N) is 2. The van der Waals surface area contributed by atoms with E-state index in [1.54, 1.807) is 12.3 Å². The maximum Gasteiger partial charge on any atom is 0.319 e. The summed E-state index contributed by atoms with van der Waals surface area (Å²) in [4.78, 5) is 15.8. The Morgan fingerprint density at radius 1 is 1.53 bits per heavy atom. The molecule has 0 spiro atoms. The first kappa shape index (κ1) is 13.8. The molecule has 2 amide bonds. The van der Waals surface area contributed by atoms with E-state index >= 15 is 0 Å². The molecule has 0 bridgehead atoms. The number of hydrogen-bond donors (Lipinski definition) is 3. The lowest BCUT2D eigenvalue weighted by molar-refractivity contribution is 0.101. The number of aryl methyl sites for hydroxylation is 1. The quantitative estimate of drug-likeness (QED) is 0.781. The van der Waals surface area contributed by atoms with E-state index in [1.807, 2.05) is 13.0 Å². The number of aliphatic hydroxyl groups excluding tert-OH is 1. The van der Waals surface area contributed by atoms with Gasteiger partial charge in [-0.05, 0) is 44.2 Å². The second-order valence-corrected chi connectivity index (χ2v) is 5.21. The normalized spacial score (nSPS) is 22.8. The summed E-state index contributed by atoms with van der Waals surface area (Å²) in [5, 5.41) is 15.2. The molecule has 2 atom stereocenters. The molecule has 0 aliphatic heterocycles. The minimum Gasteiger partial charge on any atom is -0.393 e. The molecule has 1 aromatic rings. The number of aromatic nitrogens is 1. The van der Waals surface area contributed by atoms with Gasteiger partial charge < -0.3 is 15.7 Å². The zero-order valence-electron chi connectivity index (χ0n) is 11.2. The van der Waals surface area contributed by atoms with Crippen LogP contribution in [0.1, 0.15) is 31.4 Å². The van der Waals surface area contributed by atoms with Crippen molar-refractivity contribution in [2.45, 2.75) is 38.7 Å². The Labute approximate surface area is 113 Å². The van der Waals surface area contributed by atoms with Crippen LogP contribution in [-0.2, 0) is 0 Å². The Morgan fingerprint density at radius 3 is 3.11 bits per heavy atom. The number of carbonyl (C=O) groups is 1. The highest BCUT2D eigenvalue weighted by atomic mass is 16.3. The molecular formula is C14H21N3O2. The summed E-state index contributed by atoms with van der Waals surface area (Å²) >= 11 is 0. The predicted octanol–water partition coefficient (Wildman–Crippen LogP) is 2.06. The molecule has 3 N–H and O–H groups in total. The number of urea groups is 1. The number of hydrogen-bond acceptors (Lipinski definition) is 3. The van der Waals surface area contributed by atoms with Crippen LogP contribution < -0.4 is 10.6 Å². The third-order valence-electron chi connectivity index (χ3n) is 3.46. The Kier molecular flexibility index (Phi) is 4.74. The van der Waals surface area contributed by atoms with Gasteiger partial charge in [0.25, 0.3) is 0 Å². The van der Waals surface area contributed by atoms with Gasteiger partial charge in [-0.3, -0.25) is 4.98 Å². The zero-order valence-corrected chi connectivity index (χ0v) is 11.2. The summed E-state index contributed by atoms with van der Waals surface area (Å²) in [6, 6.07) is 3.38. The average molecular weight is 263 g/mol. The number of amides is 2. The molecular weight excluding hydrogens is 242 g/mol. The fraction of sp³-hybridized carbons (Fsp3) is 0.571.